The molecule has 9 nitrogen and oxygen atoms in total. The summed E-state index contributed by atoms with van der Waals surface area (Å²) < 4.78 is 2.03. The molecule has 1 aliphatic rings. The van der Waals surface area contributed by atoms with Gasteiger partial charge < -0.3 is 14.8 Å². The van der Waals surface area contributed by atoms with Crippen LogP contribution in [0.2, 0.25) is 0 Å². The van der Waals surface area contributed by atoms with Crippen molar-refractivity contribution >= 4 is 45.3 Å². The molecule has 202 valence electrons. The highest BCUT2D eigenvalue weighted by Gasteiger charge is 2.28. The highest BCUT2D eigenvalue weighted by Crippen LogP contribution is 2.29. The molecule has 0 bridgehead atoms. The zero-order valence-electron chi connectivity index (χ0n) is 23.2. The third-order valence-electron chi connectivity index (χ3n) is 7.36. The maximum absolute atomic E-state index is 13.0. The molecule has 0 aliphatic carbocycles. The van der Waals surface area contributed by atoms with E-state index in [0.717, 1.165) is 40.8 Å². The number of pyridine rings is 1. The molecule has 0 radical (unpaired) electrons. The van der Waals surface area contributed by atoms with E-state index in [1.54, 1.807) is 4.90 Å². The summed E-state index contributed by atoms with van der Waals surface area (Å²) in [7, 11) is 5.99. The van der Waals surface area contributed by atoms with Crippen LogP contribution in [0, 0.1) is 6.92 Å². The van der Waals surface area contributed by atoms with E-state index < -0.39 is 0 Å². The molecule has 0 spiro atoms. The number of carbonyl (C=O) groups excluding carboxylic acids is 1. The van der Waals surface area contributed by atoms with Crippen LogP contribution in [0.1, 0.15) is 23.1 Å². The molecule has 1 amide bonds. The van der Waals surface area contributed by atoms with Crippen molar-refractivity contribution in [3.8, 4) is 0 Å². The number of aromatic nitrogens is 5. The topological polar surface area (TPSA) is 92.1 Å². The van der Waals surface area contributed by atoms with Gasteiger partial charge in [0.15, 0.2) is 5.82 Å². The minimum atomic E-state index is 0.00784. The zero-order chi connectivity index (χ0) is 27.8. The molecule has 0 atom stereocenters. The number of aryl methyl sites for hydroxylation is 2. The predicted molar refractivity (Wildman–Crippen MR) is 159 cm³/mol. The fraction of sp³-hybridized carbons (Fsp3) is 0.258. The van der Waals surface area contributed by atoms with E-state index in [0.29, 0.717) is 30.1 Å². The summed E-state index contributed by atoms with van der Waals surface area (Å²) in [6.07, 6.45) is 6.92. The Labute approximate surface area is 233 Å². The maximum atomic E-state index is 13.0. The number of benzene rings is 2. The van der Waals surface area contributed by atoms with Crippen LogP contribution >= 0.6 is 0 Å². The fourth-order valence-electron chi connectivity index (χ4n) is 5.11. The Morgan fingerprint density at radius 3 is 2.73 bits per heavy atom. The second-order valence-corrected chi connectivity index (χ2v) is 10.6. The molecule has 0 saturated carbocycles. The number of hydrogen-bond acceptors (Lipinski definition) is 7. The minimum Gasteiger partial charge on any atom is -0.338 e. The van der Waals surface area contributed by atoms with Crippen LogP contribution in [-0.2, 0) is 18.3 Å². The standard InChI is InChI=1S/C31H32N8O/c1-20-15-24(7-6-23(20)16-21-5-9-27-26(17-21)34-19-38(27)4)35-30-29-25(32-18-33-30)8-10-28(36-29)39-14-12-22(31(39)40)11-13-37(2)3/h5-11,15,17-19H,12-14,16H2,1-4H3,(H,32,33,35)/b22-11+. The Bertz CT molecular complexity index is 1770. The molecule has 9 heteroatoms. The molecule has 0 unspecified atom stereocenters. The van der Waals surface area contributed by atoms with Gasteiger partial charge in [-0.1, -0.05) is 18.2 Å². The lowest BCUT2D eigenvalue weighted by Gasteiger charge is -2.16. The third kappa shape index (κ3) is 5.03. The summed E-state index contributed by atoms with van der Waals surface area (Å²) in [5.74, 6) is 1.23. The van der Waals surface area contributed by atoms with E-state index in [2.05, 4.69) is 63.6 Å². The first-order valence-corrected chi connectivity index (χ1v) is 13.4. The number of hydrogen-bond donors (Lipinski definition) is 1. The minimum absolute atomic E-state index is 0.00784. The van der Waals surface area contributed by atoms with Crippen LogP contribution in [0.4, 0.5) is 17.3 Å². The van der Waals surface area contributed by atoms with Crippen molar-refractivity contribution in [1.29, 1.82) is 0 Å². The number of amides is 1. The van der Waals surface area contributed by atoms with Gasteiger partial charge in [0.2, 0.25) is 0 Å². The molecule has 1 saturated heterocycles. The number of likely N-dealkylation sites (N-methyl/N-ethyl adjacent to an activating group) is 1. The van der Waals surface area contributed by atoms with E-state index in [9.17, 15) is 4.79 Å². The van der Waals surface area contributed by atoms with Crippen molar-refractivity contribution in [2.45, 2.75) is 19.8 Å². The van der Waals surface area contributed by atoms with Gasteiger partial charge >= 0.3 is 0 Å². The van der Waals surface area contributed by atoms with E-state index in [1.807, 2.05) is 55.1 Å². The maximum Gasteiger partial charge on any atom is 0.255 e. The van der Waals surface area contributed by atoms with Crippen LogP contribution in [0.15, 0.2) is 72.8 Å². The Morgan fingerprint density at radius 1 is 1.02 bits per heavy atom. The largest absolute Gasteiger partial charge is 0.338 e. The molecule has 1 N–H and O–H groups in total. The molecular formula is C31H32N8O. The number of carbonyl (C=O) groups is 1. The average molecular weight is 533 g/mol. The lowest BCUT2D eigenvalue weighted by molar-refractivity contribution is -0.114. The van der Waals surface area contributed by atoms with Gasteiger partial charge in [0.25, 0.3) is 5.91 Å². The Kier molecular flexibility index (Phi) is 6.73. The van der Waals surface area contributed by atoms with E-state index in [1.165, 1.54) is 23.0 Å². The summed E-state index contributed by atoms with van der Waals surface area (Å²) in [4.78, 5) is 35.0. The lowest BCUT2D eigenvalue weighted by Crippen LogP contribution is -2.25. The predicted octanol–water partition coefficient (Wildman–Crippen LogP) is 4.78. The van der Waals surface area contributed by atoms with Gasteiger partial charge in [0.05, 0.1) is 22.9 Å². The zero-order valence-corrected chi connectivity index (χ0v) is 23.2. The first kappa shape index (κ1) is 25.6. The number of anilines is 3. The van der Waals surface area contributed by atoms with Crippen molar-refractivity contribution in [3.05, 3.63) is 89.5 Å². The number of imidazole rings is 1. The number of nitrogens with zero attached hydrogens (tertiary/aromatic N) is 7. The van der Waals surface area contributed by atoms with E-state index in [-0.39, 0.29) is 5.91 Å². The van der Waals surface area contributed by atoms with Crippen molar-refractivity contribution in [2.75, 3.05) is 37.4 Å². The molecule has 1 aliphatic heterocycles. The number of rotatable bonds is 7. The fourth-order valence-corrected chi connectivity index (χ4v) is 5.11. The van der Waals surface area contributed by atoms with Crippen LogP contribution in [-0.4, -0.2) is 62.5 Å². The first-order valence-electron chi connectivity index (χ1n) is 13.4. The van der Waals surface area contributed by atoms with Gasteiger partial charge in [-0.2, -0.15) is 0 Å². The van der Waals surface area contributed by atoms with Crippen molar-refractivity contribution in [3.63, 3.8) is 0 Å². The summed E-state index contributed by atoms with van der Waals surface area (Å²) in [5.41, 5.74) is 8.88. The van der Waals surface area contributed by atoms with Crippen molar-refractivity contribution < 1.29 is 4.79 Å². The molecule has 40 heavy (non-hydrogen) atoms. The highest BCUT2D eigenvalue weighted by atomic mass is 16.2. The molecule has 4 heterocycles. The summed E-state index contributed by atoms with van der Waals surface area (Å²) in [6.45, 7) is 3.47. The molecule has 2 aromatic carbocycles. The Hall–Kier alpha value is -4.63. The van der Waals surface area contributed by atoms with Gasteiger partial charge in [0, 0.05) is 31.4 Å². The molecule has 3 aromatic heterocycles. The van der Waals surface area contributed by atoms with Crippen LogP contribution < -0.4 is 10.2 Å². The SMILES string of the molecule is Cc1cc(Nc2ncnc3ccc(N4CC/C(=C\CN(C)C)C4=O)nc23)ccc1Cc1ccc2c(c1)ncn2C. The molecular weight excluding hydrogens is 500 g/mol. The van der Waals surface area contributed by atoms with E-state index >= 15 is 0 Å². The summed E-state index contributed by atoms with van der Waals surface area (Å²) >= 11 is 0. The third-order valence-corrected chi connectivity index (χ3v) is 7.36. The second-order valence-electron chi connectivity index (χ2n) is 10.6. The summed E-state index contributed by atoms with van der Waals surface area (Å²) in [6, 6.07) is 16.5. The van der Waals surface area contributed by atoms with E-state index in [4.69, 9.17) is 4.98 Å². The Morgan fingerprint density at radius 2 is 1.90 bits per heavy atom. The van der Waals surface area contributed by atoms with Gasteiger partial charge in [-0.05, 0) is 86.9 Å². The van der Waals surface area contributed by atoms with Gasteiger partial charge in [0.1, 0.15) is 17.7 Å². The smallest absolute Gasteiger partial charge is 0.255 e. The van der Waals surface area contributed by atoms with Crippen LogP contribution in [0.3, 0.4) is 0 Å². The molecule has 6 rings (SSSR count). The van der Waals surface area contributed by atoms with Crippen LogP contribution in [0.5, 0.6) is 0 Å². The summed E-state index contributed by atoms with van der Waals surface area (Å²) in [5, 5.41) is 3.43. The monoisotopic (exact) mass is 532 g/mol. The number of fused-ring (bicyclic) bond motifs is 2. The lowest BCUT2D eigenvalue weighted by atomic mass is 9.99. The Balaban J connectivity index is 1.23. The second kappa shape index (κ2) is 10.5. The van der Waals surface area contributed by atoms with Gasteiger partial charge in [-0.15, -0.1) is 0 Å². The average Bonchev–Trinajstić information content (AvgIpc) is 3.50. The quantitative estimate of drug-likeness (QED) is 0.302. The number of nitrogens with one attached hydrogen (secondary N) is 1. The van der Waals surface area contributed by atoms with Gasteiger partial charge in [-0.3, -0.25) is 9.69 Å². The van der Waals surface area contributed by atoms with Crippen molar-refractivity contribution in [2.24, 2.45) is 7.05 Å². The first-order chi connectivity index (χ1) is 19.4. The van der Waals surface area contributed by atoms with Crippen LogP contribution in [0.25, 0.3) is 22.1 Å². The normalized spacial score (nSPS) is 14.8. The molecule has 5 aromatic rings. The highest BCUT2D eigenvalue weighted by molar-refractivity contribution is 6.08. The van der Waals surface area contributed by atoms with Gasteiger partial charge in [-0.25, -0.2) is 19.9 Å². The van der Waals surface area contributed by atoms with Crippen molar-refractivity contribution in [1.82, 2.24) is 29.4 Å². The molecule has 1 fully saturated rings.